The normalized spacial score (nSPS) is 16.7. The van der Waals surface area contributed by atoms with Crippen LogP contribution in [0, 0.1) is 12.8 Å². The molecule has 0 aliphatic carbocycles. The number of amides is 2. The number of carbonyl (C=O) groups excluding carboxylic acids is 2. The van der Waals surface area contributed by atoms with E-state index < -0.39 is 15.9 Å². The summed E-state index contributed by atoms with van der Waals surface area (Å²) in [6.07, 6.45) is 1.61. The van der Waals surface area contributed by atoms with Crippen molar-refractivity contribution in [2.45, 2.75) is 38.1 Å². The summed E-state index contributed by atoms with van der Waals surface area (Å²) in [5, 5.41) is 2.78. The fourth-order valence-corrected chi connectivity index (χ4v) is 4.06. The van der Waals surface area contributed by atoms with E-state index in [9.17, 15) is 18.0 Å². The molecule has 3 rings (SSSR count). The number of rotatable bonds is 4. The number of nitrogens with zero attached hydrogens (tertiary/aromatic N) is 1. The fourth-order valence-electron chi connectivity index (χ4n) is 3.41. The monoisotopic (exact) mass is 400 g/mol. The molecule has 6 nitrogen and oxygen atoms in total. The molecule has 28 heavy (non-hydrogen) atoms. The smallest absolute Gasteiger partial charge is 0.259 e. The Morgan fingerprint density at radius 3 is 2.46 bits per heavy atom. The maximum Gasteiger partial charge on any atom is 0.259 e. The molecule has 1 N–H and O–H groups in total. The summed E-state index contributed by atoms with van der Waals surface area (Å²) in [7, 11) is -3.44. The standard InChI is InChI=1S/C21H24N2O4S/c1-13(2)11-19-20(24)22-17-12-15(28(4,26)27)9-10-18(17)23(19)21(25)16-8-6-5-7-14(16)3/h5-10,12-13,19H,11H2,1-4H3,(H,22,24). The van der Waals surface area contributed by atoms with Crippen molar-refractivity contribution in [2.24, 2.45) is 5.92 Å². The minimum absolute atomic E-state index is 0.0946. The second kappa shape index (κ2) is 7.39. The first kappa shape index (κ1) is 20.1. The summed E-state index contributed by atoms with van der Waals surface area (Å²) in [4.78, 5) is 27.9. The van der Waals surface area contributed by atoms with Gasteiger partial charge in [-0.1, -0.05) is 32.0 Å². The van der Waals surface area contributed by atoms with Crippen LogP contribution in [0.4, 0.5) is 11.4 Å². The number of carbonyl (C=O) groups is 2. The average molecular weight is 401 g/mol. The zero-order chi connectivity index (χ0) is 20.6. The summed E-state index contributed by atoms with van der Waals surface area (Å²) in [6.45, 7) is 5.83. The minimum Gasteiger partial charge on any atom is -0.322 e. The van der Waals surface area contributed by atoms with E-state index in [0.717, 1.165) is 11.8 Å². The molecule has 0 radical (unpaired) electrons. The lowest BCUT2D eigenvalue weighted by Gasteiger charge is -2.37. The van der Waals surface area contributed by atoms with Gasteiger partial charge in [-0.3, -0.25) is 14.5 Å². The third kappa shape index (κ3) is 3.80. The van der Waals surface area contributed by atoms with Crippen molar-refractivity contribution in [1.82, 2.24) is 0 Å². The zero-order valence-electron chi connectivity index (χ0n) is 16.4. The van der Waals surface area contributed by atoms with E-state index in [1.54, 1.807) is 18.2 Å². The molecular weight excluding hydrogens is 376 g/mol. The lowest BCUT2D eigenvalue weighted by atomic mass is 9.96. The third-order valence-electron chi connectivity index (χ3n) is 4.82. The molecule has 1 aliphatic rings. The Kier molecular flexibility index (Phi) is 5.30. The lowest BCUT2D eigenvalue weighted by Crippen LogP contribution is -2.51. The van der Waals surface area contributed by atoms with Crippen LogP contribution in [0.3, 0.4) is 0 Å². The predicted octanol–water partition coefficient (Wildman–Crippen LogP) is 3.41. The van der Waals surface area contributed by atoms with Gasteiger partial charge in [-0.2, -0.15) is 0 Å². The highest BCUT2D eigenvalue weighted by Gasteiger charge is 2.38. The van der Waals surface area contributed by atoms with Crippen LogP contribution in [0.1, 0.15) is 36.2 Å². The number of nitrogens with one attached hydrogen (secondary N) is 1. The van der Waals surface area contributed by atoms with Crippen molar-refractivity contribution in [3.05, 3.63) is 53.6 Å². The number of benzene rings is 2. The first-order valence-electron chi connectivity index (χ1n) is 9.13. The fraction of sp³-hybridized carbons (Fsp3) is 0.333. The van der Waals surface area contributed by atoms with Crippen molar-refractivity contribution in [3.8, 4) is 0 Å². The largest absolute Gasteiger partial charge is 0.322 e. The molecule has 2 amide bonds. The molecule has 0 bridgehead atoms. The van der Waals surface area contributed by atoms with Crippen LogP contribution < -0.4 is 10.2 Å². The Balaban J connectivity index is 2.16. The lowest BCUT2D eigenvalue weighted by molar-refractivity contribution is -0.117. The van der Waals surface area contributed by atoms with E-state index in [1.807, 2.05) is 32.9 Å². The SMILES string of the molecule is Cc1ccccc1C(=O)N1c2ccc(S(C)(=O)=O)cc2NC(=O)C1CC(C)C. The highest BCUT2D eigenvalue weighted by Crippen LogP contribution is 2.37. The van der Waals surface area contributed by atoms with Gasteiger partial charge < -0.3 is 5.32 Å². The van der Waals surface area contributed by atoms with E-state index in [2.05, 4.69) is 5.32 Å². The van der Waals surface area contributed by atoms with E-state index in [4.69, 9.17) is 0 Å². The molecule has 1 heterocycles. The first-order chi connectivity index (χ1) is 13.1. The molecule has 2 aromatic rings. The van der Waals surface area contributed by atoms with Gasteiger partial charge in [0.15, 0.2) is 9.84 Å². The predicted molar refractivity (Wildman–Crippen MR) is 109 cm³/mol. The third-order valence-corrected chi connectivity index (χ3v) is 5.93. The van der Waals surface area contributed by atoms with Crippen LogP contribution in [0.2, 0.25) is 0 Å². The molecular formula is C21H24N2O4S. The van der Waals surface area contributed by atoms with Gasteiger partial charge in [0.25, 0.3) is 5.91 Å². The van der Waals surface area contributed by atoms with Crippen molar-refractivity contribution in [1.29, 1.82) is 0 Å². The van der Waals surface area contributed by atoms with Gasteiger partial charge in [0.1, 0.15) is 6.04 Å². The number of anilines is 2. The second-order valence-electron chi connectivity index (χ2n) is 7.58. The molecule has 1 unspecified atom stereocenters. The Labute approximate surface area is 165 Å². The van der Waals surface area contributed by atoms with Crippen LogP contribution in [0.5, 0.6) is 0 Å². The Morgan fingerprint density at radius 2 is 1.86 bits per heavy atom. The second-order valence-corrected chi connectivity index (χ2v) is 9.59. The Hall–Kier alpha value is -2.67. The highest BCUT2D eigenvalue weighted by molar-refractivity contribution is 7.90. The summed E-state index contributed by atoms with van der Waals surface area (Å²) >= 11 is 0. The quantitative estimate of drug-likeness (QED) is 0.852. The molecule has 0 spiro atoms. The maximum absolute atomic E-state index is 13.4. The molecule has 2 aromatic carbocycles. The highest BCUT2D eigenvalue weighted by atomic mass is 32.2. The van der Waals surface area contributed by atoms with E-state index >= 15 is 0 Å². The van der Waals surface area contributed by atoms with Crippen LogP contribution in [0.15, 0.2) is 47.4 Å². The van der Waals surface area contributed by atoms with Gasteiger partial charge in [0.05, 0.1) is 16.3 Å². The van der Waals surface area contributed by atoms with E-state index in [-0.39, 0.29) is 22.6 Å². The maximum atomic E-state index is 13.4. The minimum atomic E-state index is -3.44. The molecule has 1 aliphatic heterocycles. The Bertz CT molecular complexity index is 1040. The van der Waals surface area contributed by atoms with E-state index in [1.165, 1.54) is 17.0 Å². The van der Waals surface area contributed by atoms with Gasteiger partial charge in [-0.05, 0) is 49.1 Å². The van der Waals surface area contributed by atoms with Gasteiger partial charge in [0.2, 0.25) is 5.91 Å². The summed E-state index contributed by atoms with van der Waals surface area (Å²) < 4.78 is 23.8. The summed E-state index contributed by atoms with van der Waals surface area (Å²) in [5.41, 5.74) is 2.17. The number of fused-ring (bicyclic) bond motifs is 1. The molecule has 1 atom stereocenters. The first-order valence-corrected chi connectivity index (χ1v) is 11.0. The van der Waals surface area contributed by atoms with Gasteiger partial charge in [-0.25, -0.2) is 8.42 Å². The topological polar surface area (TPSA) is 83.6 Å². The van der Waals surface area contributed by atoms with Crippen molar-refractivity contribution >= 4 is 33.0 Å². The van der Waals surface area contributed by atoms with Gasteiger partial charge >= 0.3 is 0 Å². The van der Waals surface area contributed by atoms with Gasteiger partial charge in [0, 0.05) is 11.8 Å². The molecule has 7 heteroatoms. The summed E-state index contributed by atoms with van der Waals surface area (Å²) in [5.74, 6) is -0.388. The number of sulfone groups is 1. The van der Waals surface area contributed by atoms with Crippen molar-refractivity contribution in [2.75, 3.05) is 16.5 Å². The molecule has 0 fully saturated rings. The van der Waals surface area contributed by atoms with Crippen LogP contribution in [-0.4, -0.2) is 32.5 Å². The van der Waals surface area contributed by atoms with Crippen LogP contribution in [-0.2, 0) is 14.6 Å². The number of hydrogen-bond acceptors (Lipinski definition) is 4. The average Bonchev–Trinajstić information content (AvgIpc) is 2.60. The summed E-state index contributed by atoms with van der Waals surface area (Å²) in [6, 6.07) is 11.0. The van der Waals surface area contributed by atoms with Crippen LogP contribution in [0.25, 0.3) is 0 Å². The molecule has 0 saturated heterocycles. The molecule has 0 aromatic heterocycles. The molecule has 148 valence electrons. The van der Waals surface area contributed by atoms with E-state index in [0.29, 0.717) is 23.4 Å². The van der Waals surface area contributed by atoms with Crippen molar-refractivity contribution < 1.29 is 18.0 Å². The zero-order valence-corrected chi connectivity index (χ0v) is 17.2. The number of aryl methyl sites for hydroxylation is 1. The van der Waals surface area contributed by atoms with Crippen LogP contribution >= 0.6 is 0 Å². The Morgan fingerprint density at radius 1 is 1.18 bits per heavy atom. The van der Waals surface area contributed by atoms with Gasteiger partial charge in [-0.15, -0.1) is 0 Å². The molecule has 0 saturated carbocycles. The number of hydrogen-bond donors (Lipinski definition) is 1. The van der Waals surface area contributed by atoms with Crippen molar-refractivity contribution in [3.63, 3.8) is 0 Å².